The van der Waals surface area contributed by atoms with Gasteiger partial charge in [-0.25, -0.2) is 0 Å². The van der Waals surface area contributed by atoms with Crippen molar-refractivity contribution in [2.24, 2.45) is 0 Å². The number of benzene rings is 2. The number of anilines is 1. The highest BCUT2D eigenvalue weighted by atomic mass is 35.5. The summed E-state index contributed by atoms with van der Waals surface area (Å²) in [5.41, 5.74) is 2.43. The smallest absolute Gasteiger partial charge is 0.231 e. The molecule has 0 fully saturated rings. The Morgan fingerprint density at radius 3 is 2.80 bits per heavy atom. The fourth-order valence-electron chi connectivity index (χ4n) is 2.00. The van der Waals surface area contributed by atoms with E-state index < -0.39 is 0 Å². The van der Waals surface area contributed by atoms with Gasteiger partial charge < -0.3 is 14.8 Å². The van der Waals surface area contributed by atoms with E-state index in [2.05, 4.69) is 11.4 Å². The summed E-state index contributed by atoms with van der Waals surface area (Å²) >= 11 is 6.18. The Labute approximate surface area is 121 Å². The summed E-state index contributed by atoms with van der Waals surface area (Å²) in [5, 5.41) is 12.7. The number of hydrogen-bond acceptors (Lipinski definition) is 4. The van der Waals surface area contributed by atoms with E-state index in [1.807, 2.05) is 24.3 Å². The van der Waals surface area contributed by atoms with Crippen LogP contribution in [0.1, 0.15) is 11.1 Å². The highest BCUT2D eigenvalue weighted by Gasteiger charge is 2.16. The van der Waals surface area contributed by atoms with Crippen LogP contribution in [0.4, 0.5) is 5.69 Å². The van der Waals surface area contributed by atoms with Crippen molar-refractivity contribution >= 4 is 17.3 Å². The van der Waals surface area contributed by atoms with Crippen LogP contribution in [0.2, 0.25) is 5.02 Å². The van der Waals surface area contributed by atoms with Gasteiger partial charge in [-0.1, -0.05) is 23.7 Å². The van der Waals surface area contributed by atoms with Crippen LogP contribution in [-0.2, 0) is 6.54 Å². The first-order valence-corrected chi connectivity index (χ1v) is 6.46. The summed E-state index contributed by atoms with van der Waals surface area (Å²) in [6.45, 7) is 0.800. The largest absolute Gasteiger partial charge is 0.454 e. The van der Waals surface area contributed by atoms with Gasteiger partial charge in [-0.05, 0) is 17.7 Å². The van der Waals surface area contributed by atoms with Gasteiger partial charge in [-0.15, -0.1) is 0 Å². The van der Waals surface area contributed by atoms with Crippen LogP contribution in [-0.4, -0.2) is 6.79 Å². The molecule has 2 aromatic rings. The summed E-state index contributed by atoms with van der Waals surface area (Å²) in [6.07, 6.45) is 0. The van der Waals surface area contributed by atoms with Crippen molar-refractivity contribution in [2.45, 2.75) is 6.54 Å². The fourth-order valence-corrected chi connectivity index (χ4v) is 2.22. The molecule has 20 heavy (non-hydrogen) atoms. The van der Waals surface area contributed by atoms with Gasteiger partial charge in [0.15, 0.2) is 11.5 Å². The molecule has 0 radical (unpaired) electrons. The highest BCUT2D eigenvalue weighted by Crippen LogP contribution is 2.39. The summed E-state index contributed by atoms with van der Waals surface area (Å²) in [6, 6.07) is 13.1. The van der Waals surface area contributed by atoms with Crippen LogP contribution >= 0.6 is 11.6 Å². The maximum atomic E-state index is 8.88. The van der Waals surface area contributed by atoms with E-state index in [4.69, 9.17) is 26.3 Å². The zero-order chi connectivity index (χ0) is 13.9. The zero-order valence-corrected chi connectivity index (χ0v) is 11.3. The highest BCUT2D eigenvalue weighted by molar-refractivity contribution is 6.33. The molecule has 1 heterocycles. The van der Waals surface area contributed by atoms with E-state index in [9.17, 15) is 0 Å². The quantitative estimate of drug-likeness (QED) is 0.937. The Morgan fingerprint density at radius 2 is 2.00 bits per heavy atom. The second-order valence-electron chi connectivity index (χ2n) is 4.35. The molecule has 4 nitrogen and oxygen atoms in total. The van der Waals surface area contributed by atoms with Gasteiger partial charge in [0.05, 0.1) is 22.3 Å². The van der Waals surface area contributed by atoms with E-state index >= 15 is 0 Å². The van der Waals surface area contributed by atoms with E-state index in [0.29, 0.717) is 28.6 Å². The first-order chi connectivity index (χ1) is 9.76. The van der Waals surface area contributed by atoms with Crippen LogP contribution in [0, 0.1) is 11.3 Å². The van der Waals surface area contributed by atoms with Crippen LogP contribution < -0.4 is 14.8 Å². The summed E-state index contributed by atoms with van der Waals surface area (Å²) in [7, 11) is 0. The van der Waals surface area contributed by atoms with Crippen molar-refractivity contribution in [3.63, 3.8) is 0 Å². The molecule has 1 aliphatic heterocycles. The van der Waals surface area contributed by atoms with Gasteiger partial charge in [0.25, 0.3) is 0 Å². The third-order valence-electron chi connectivity index (χ3n) is 3.00. The maximum Gasteiger partial charge on any atom is 0.231 e. The molecule has 0 saturated heterocycles. The van der Waals surface area contributed by atoms with Gasteiger partial charge in [-0.3, -0.25) is 0 Å². The molecular formula is C15H11ClN2O2. The molecule has 0 bridgehead atoms. The zero-order valence-electron chi connectivity index (χ0n) is 10.5. The summed E-state index contributed by atoms with van der Waals surface area (Å²) in [5.74, 6) is 1.34. The van der Waals surface area contributed by atoms with Crippen molar-refractivity contribution in [3.05, 3.63) is 52.5 Å². The predicted molar refractivity (Wildman–Crippen MR) is 76.1 cm³/mol. The molecule has 2 aromatic carbocycles. The molecule has 1 aliphatic rings. The molecule has 1 N–H and O–H groups in total. The van der Waals surface area contributed by atoms with Gasteiger partial charge in [0, 0.05) is 18.7 Å². The second kappa shape index (κ2) is 5.32. The maximum absolute atomic E-state index is 8.88. The minimum atomic E-state index is 0.222. The molecule has 0 atom stereocenters. The predicted octanol–water partition coefficient (Wildman–Crippen LogP) is 3.55. The topological polar surface area (TPSA) is 54.3 Å². The Bertz CT molecular complexity index is 695. The van der Waals surface area contributed by atoms with E-state index in [-0.39, 0.29) is 6.79 Å². The minimum Gasteiger partial charge on any atom is -0.454 e. The normalized spacial score (nSPS) is 12.0. The van der Waals surface area contributed by atoms with Crippen LogP contribution in [0.5, 0.6) is 11.5 Å². The summed E-state index contributed by atoms with van der Waals surface area (Å²) in [4.78, 5) is 0. The number of rotatable bonds is 3. The number of fused-ring (bicyclic) bond motifs is 1. The van der Waals surface area contributed by atoms with Crippen LogP contribution in [0.15, 0.2) is 36.4 Å². The lowest BCUT2D eigenvalue weighted by Crippen LogP contribution is -2.00. The molecule has 0 saturated carbocycles. The van der Waals surface area contributed by atoms with E-state index in [1.54, 1.807) is 12.1 Å². The molecule has 0 aromatic heterocycles. The van der Waals surface area contributed by atoms with Gasteiger partial charge in [-0.2, -0.15) is 5.26 Å². The van der Waals surface area contributed by atoms with E-state index in [0.717, 1.165) is 11.3 Å². The summed E-state index contributed by atoms with van der Waals surface area (Å²) < 4.78 is 10.6. The molecule has 0 amide bonds. The lowest BCUT2D eigenvalue weighted by Gasteiger charge is -2.09. The SMILES string of the molecule is N#Cc1cccc(CNc2cc3c(cc2Cl)OCO3)c1. The number of nitriles is 1. The monoisotopic (exact) mass is 286 g/mol. The van der Waals surface area contributed by atoms with Gasteiger partial charge in [0.2, 0.25) is 6.79 Å². The van der Waals surface area contributed by atoms with Crippen molar-refractivity contribution < 1.29 is 9.47 Å². The number of hydrogen-bond donors (Lipinski definition) is 1. The number of nitrogens with one attached hydrogen (secondary N) is 1. The number of halogens is 1. The Hall–Kier alpha value is -2.38. The standard InChI is InChI=1S/C15H11ClN2O2/c16-12-5-14-15(20-9-19-14)6-13(12)18-8-11-3-1-2-10(4-11)7-17/h1-6,18H,8-9H2. The first-order valence-electron chi connectivity index (χ1n) is 6.08. The molecule has 0 spiro atoms. The van der Waals surface area contributed by atoms with Gasteiger partial charge in [0.1, 0.15) is 0 Å². The molecule has 3 rings (SSSR count). The first kappa shape index (κ1) is 12.6. The molecule has 5 heteroatoms. The van der Waals surface area contributed by atoms with Crippen LogP contribution in [0.25, 0.3) is 0 Å². The Kier molecular flexibility index (Phi) is 3.36. The lowest BCUT2D eigenvalue weighted by atomic mass is 10.1. The Morgan fingerprint density at radius 1 is 1.20 bits per heavy atom. The second-order valence-corrected chi connectivity index (χ2v) is 4.76. The van der Waals surface area contributed by atoms with Gasteiger partial charge >= 0.3 is 0 Å². The molecular weight excluding hydrogens is 276 g/mol. The molecule has 0 aliphatic carbocycles. The average Bonchev–Trinajstić information content (AvgIpc) is 2.92. The Balaban J connectivity index is 1.77. The van der Waals surface area contributed by atoms with Crippen molar-refractivity contribution in [1.82, 2.24) is 0 Å². The van der Waals surface area contributed by atoms with Crippen molar-refractivity contribution in [1.29, 1.82) is 5.26 Å². The average molecular weight is 287 g/mol. The van der Waals surface area contributed by atoms with Crippen LogP contribution in [0.3, 0.4) is 0 Å². The number of nitrogens with zero attached hydrogens (tertiary/aromatic N) is 1. The fraction of sp³-hybridized carbons (Fsp3) is 0.133. The minimum absolute atomic E-state index is 0.222. The van der Waals surface area contributed by atoms with Crippen molar-refractivity contribution in [3.8, 4) is 17.6 Å². The number of ether oxygens (including phenoxy) is 2. The van der Waals surface area contributed by atoms with Crippen molar-refractivity contribution in [2.75, 3.05) is 12.1 Å². The molecule has 100 valence electrons. The molecule has 0 unspecified atom stereocenters. The third kappa shape index (κ3) is 2.49. The lowest BCUT2D eigenvalue weighted by molar-refractivity contribution is 0.174. The van der Waals surface area contributed by atoms with E-state index in [1.165, 1.54) is 0 Å². The third-order valence-corrected chi connectivity index (χ3v) is 3.31.